The van der Waals surface area contributed by atoms with E-state index in [4.69, 9.17) is 9.26 Å². The predicted molar refractivity (Wildman–Crippen MR) is 111 cm³/mol. The topological polar surface area (TPSA) is 68.5 Å². The van der Waals surface area contributed by atoms with Gasteiger partial charge >= 0.3 is 6.18 Å². The highest BCUT2D eigenvalue weighted by molar-refractivity contribution is 5.82. The van der Waals surface area contributed by atoms with Crippen molar-refractivity contribution < 1.29 is 27.2 Å². The summed E-state index contributed by atoms with van der Waals surface area (Å²) in [6.07, 6.45) is -2.32. The lowest BCUT2D eigenvalue weighted by Crippen LogP contribution is -2.39. The van der Waals surface area contributed by atoms with Gasteiger partial charge < -0.3 is 14.2 Å². The number of piperidine rings is 1. The number of hydrogen-bond donors (Lipinski definition) is 0. The second-order valence-corrected chi connectivity index (χ2v) is 8.08. The Labute approximate surface area is 183 Å². The Morgan fingerprint density at radius 2 is 2.03 bits per heavy atom. The zero-order chi connectivity index (χ0) is 22.9. The minimum Gasteiger partial charge on any atom is -0.497 e. The van der Waals surface area contributed by atoms with E-state index in [1.165, 1.54) is 6.92 Å². The number of amides is 1. The average molecular weight is 447 g/mol. The second-order valence-electron chi connectivity index (χ2n) is 8.08. The zero-order valence-electron chi connectivity index (χ0n) is 17.9. The molecule has 1 fully saturated rings. The summed E-state index contributed by atoms with van der Waals surface area (Å²) in [5, 5.41) is 3.85. The van der Waals surface area contributed by atoms with Crippen LogP contribution in [-0.4, -0.2) is 41.1 Å². The first-order chi connectivity index (χ1) is 15.3. The molecular weight excluding hydrogens is 423 g/mol. The van der Waals surface area contributed by atoms with Crippen LogP contribution in [0.15, 0.2) is 34.9 Å². The van der Waals surface area contributed by atoms with Crippen LogP contribution >= 0.6 is 0 Å². The molecular formula is C23H24F3N3O3. The van der Waals surface area contributed by atoms with E-state index in [9.17, 15) is 18.0 Å². The maximum Gasteiger partial charge on any atom is 0.417 e. The number of ether oxygens (including phenoxy) is 1. The first-order valence-electron chi connectivity index (χ1n) is 10.5. The van der Waals surface area contributed by atoms with Crippen LogP contribution in [0.4, 0.5) is 13.2 Å². The zero-order valence-corrected chi connectivity index (χ0v) is 17.9. The number of nitrogens with zero attached hydrogens (tertiary/aromatic N) is 3. The number of pyridine rings is 1. The molecule has 3 heterocycles. The van der Waals surface area contributed by atoms with Crippen LogP contribution in [0.2, 0.25) is 0 Å². The Morgan fingerprint density at radius 1 is 1.28 bits per heavy atom. The summed E-state index contributed by atoms with van der Waals surface area (Å²) >= 11 is 0. The number of hydrogen-bond acceptors (Lipinski definition) is 5. The first-order valence-corrected chi connectivity index (χ1v) is 10.5. The van der Waals surface area contributed by atoms with E-state index in [1.54, 1.807) is 12.0 Å². The number of fused-ring (bicyclic) bond motifs is 1. The van der Waals surface area contributed by atoms with Crippen LogP contribution in [-0.2, 0) is 17.4 Å². The molecule has 0 spiro atoms. The fourth-order valence-corrected chi connectivity index (χ4v) is 4.23. The number of benzene rings is 1. The normalized spacial score (nSPS) is 17.0. The summed E-state index contributed by atoms with van der Waals surface area (Å²) in [7, 11) is 1.60. The molecule has 2 aromatic heterocycles. The SMILES string of the molecule is COc1ccc(CCC(=O)N2CCC[C@H](c3noc4nc(C)cc(C(F)(F)F)c34)C2)cc1. The number of halogens is 3. The minimum atomic E-state index is -4.55. The van der Waals surface area contributed by atoms with Crippen molar-refractivity contribution in [2.75, 3.05) is 20.2 Å². The fourth-order valence-electron chi connectivity index (χ4n) is 4.23. The largest absolute Gasteiger partial charge is 0.497 e. The molecule has 1 aliphatic heterocycles. The molecule has 0 unspecified atom stereocenters. The molecule has 0 saturated carbocycles. The van der Waals surface area contributed by atoms with E-state index in [0.717, 1.165) is 17.4 Å². The molecule has 0 bridgehead atoms. The van der Waals surface area contributed by atoms with Crippen molar-refractivity contribution in [1.82, 2.24) is 15.0 Å². The van der Waals surface area contributed by atoms with E-state index in [-0.39, 0.29) is 34.3 Å². The van der Waals surface area contributed by atoms with Crippen LogP contribution in [0.3, 0.4) is 0 Å². The molecule has 6 nitrogen and oxygen atoms in total. The molecule has 1 amide bonds. The van der Waals surface area contributed by atoms with Gasteiger partial charge in [-0.15, -0.1) is 0 Å². The third-order valence-electron chi connectivity index (χ3n) is 5.85. The van der Waals surface area contributed by atoms with E-state index in [1.807, 2.05) is 24.3 Å². The van der Waals surface area contributed by atoms with Crippen molar-refractivity contribution >= 4 is 17.0 Å². The molecule has 3 aromatic rings. The third kappa shape index (κ3) is 4.56. The molecule has 170 valence electrons. The quantitative estimate of drug-likeness (QED) is 0.557. The van der Waals surface area contributed by atoms with Crippen molar-refractivity contribution in [3.8, 4) is 5.75 Å². The molecule has 1 aromatic carbocycles. The second kappa shape index (κ2) is 8.80. The summed E-state index contributed by atoms with van der Waals surface area (Å²) < 4.78 is 51.3. The van der Waals surface area contributed by atoms with Crippen molar-refractivity contribution in [3.05, 3.63) is 52.8 Å². The number of carbonyl (C=O) groups is 1. The van der Waals surface area contributed by atoms with Crippen molar-refractivity contribution in [3.63, 3.8) is 0 Å². The van der Waals surface area contributed by atoms with E-state index < -0.39 is 11.7 Å². The number of aryl methyl sites for hydroxylation is 2. The van der Waals surface area contributed by atoms with Crippen molar-refractivity contribution in [2.24, 2.45) is 0 Å². The highest BCUT2D eigenvalue weighted by Crippen LogP contribution is 2.40. The Morgan fingerprint density at radius 3 is 2.72 bits per heavy atom. The molecule has 0 N–H and O–H groups in total. The molecule has 1 saturated heterocycles. The number of aromatic nitrogens is 2. The maximum absolute atomic E-state index is 13.7. The van der Waals surface area contributed by atoms with Crippen LogP contribution in [0.5, 0.6) is 5.75 Å². The van der Waals surface area contributed by atoms with Crippen LogP contribution in [0, 0.1) is 6.92 Å². The predicted octanol–water partition coefficient (Wildman–Crippen LogP) is 4.90. The number of carbonyl (C=O) groups excluding carboxylic acids is 1. The standard InChI is InChI=1S/C23H24F3N3O3/c1-14-12-18(23(24,25)26)20-21(28-32-22(20)27-14)16-4-3-11-29(13-16)19(30)10-7-15-5-8-17(31-2)9-6-15/h5-6,8-9,12,16H,3-4,7,10-11,13H2,1-2H3/t16-/m0/s1. The van der Waals surface area contributed by atoms with E-state index in [0.29, 0.717) is 38.8 Å². The summed E-state index contributed by atoms with van der Waals surface area (Å²) in [5.41, 5.74) is 0.555. The number of likely N-dealkylation sites (tertiary alicyclic amines) is 1. The van der Waals surface area contributed by atoms with Gasteiger partial charge in [0.2, 0.25) is 5.91 Å². The van der Waals surface area contributed by atoms with Gasteiger partial charge in [0, 0.05) is 31.1 Å². The lowest BCUT2D eigenvalue weighted by molar-refractivity contribution is -0.136. The van der Waals surface area contributed by atoms with Gasteiger partial charge in [0.15, 0.2) is 0 Å². The molecule has 4 rings (SSSR count). The highest BCUT2D eigenvalue weighted by Gasteiger charge is 2.38. The van der Waals surface area contributed by atoms with Gasteiger partial charge in [0.25, 0.3) is 5.71 Å². The molecule has 0 aliphatic carbocycles. The smallest absolute Gasteiger partial charge is 0.417 e. The number of rotatable bonds is 5. The minimum absolute atomic E-state index is 0.0247. The molecule has 9 heteroatoms. The summed E-state index contributed by atoms with van der Waals surface area (Å²) in [6.45, 7) is 2.38. The molecule has 32 heavy (non-hydrogen) atoms. The van der Waals surface area contributed by atoms with Gasteiger partial charge in [-0.2, -0.15) is 13.2 Å². The lowest BCUT2D eigenvalue weighted by atomic mass is 9.91. The Bertz CT molecular complexity index is 1110. The monoisotopic (exact) mass is 447 g/mol. The van der Waals surface area contributed by atoms with Gasteiger partial charge in [-0.1, -0.05) is 17.3 Å². The van der Waals surface area contributed by atoms with Gasteiger partial charge in [-0.05, 0) is 49.9 Å². The molecule has 0 radical (unpaired) electrons. The summed E-state index contributed by atoms with van der Waals surface area (Å²) in [4.78, 5) is 18.6. The number of methoxy groups -OCH3 is 1. The molecule has 1 atom stereocenters. The first kappa shape index (κ1) is 22.1. The summed E-state index contributed by atoms with van der Waals surface area (Å²) in [6, 6.07) is 8.55. The lowest BCUT2D eigenvalue weighted by Gasteiger charge is -2.32. The Hall–Kier alpha value is -3.10. The van der Waals surface area contributed by atoms with Gasteiger partial charge in [0.1, 0.15) is 5.75 Å². The van der Waals surface area contributed by atoms with E-state index >= 15 is 0 Å². The summed E-state index contributed by atoms with van der Waals surface area (Å²) in [5.74, 6) is 0.394. The molecule has 1 aliphatic rings. The number of alkyl halides is 3. The average Bonchev–Trinajstić information content (AvgIpc) is 3.20. The third-order valence-corrected chi connectivity index (χ3v) is 5.85. The van der Waals surface area contributed by atoms with Crippen molar-refractivity contribution in [1.29, 1.82) is 0 Å². The Kier molecular flexibility index (Phi) is 6.08. The van der Waals surface area contributed by atoms with Gasteiger partial charge in [-0.3, -0.25) is 4.79 Å². The van der Waals surface area contributed by atoms with Crippen molar-refractivity contribution in [2.45, 2.75) is 44.7 Å². The van der Waals surface area contributed by atoms with Gasteiger partial charge in [0.05, 0.1) is 23.8 Å². The van der Waals surface area contributed by atoms with Crippen LogP contribution in [0.1, 0.15) is 47.7 Å². The van der Waals surface area contributed by atoms with Gasteiger partial charge in [-0.25, -0.2) is 4.98 Å². The maximum atomic E-state index is 13.7. The Balaban J connectivity index is 1.50. The van der Waals surface area contributed by atoms with Crippen LogP contribution < -0.4 is 4.74 Å². The van der Waals surface area contributed by atoms with E-state index in [2.05, 4.69) is 10.1 Å². The highest BCUT2D eigenvalue weighted by atomic mass is 19.4. The van der Waals surface area contributed by atoms with Crippen LogP contribution in [0.25, 0.3) is 11.1 Å². The fraction of sp³-hybridized carbons (Fsp3) is 0.435.